The van der Waals surface area contributed by atoms with Crippen LogP contribution in [0.15, 0.2) is 42.5 Å². The number of carbonyl (C=O) groups is 3. The maximum atomic E-state index is 12.3. The van der Waals surface area contributed by atoms with E-state index in [4.69, 9.17) is 0 Å². The third kappa shape index (κ3) is 4.88. The number of hydrogen-bond donors (Lipinski definition) is 2. The fourth-order valence-electron chi connectivity index (χ4n) is 2.81. The van der Waals surface area contributed by atoms with Gasteiger partial charge in [0.05, 0.1) is 18.4 Å². The average Bonchev–Trinajstić information content (AvgIpc) is 2.70. The Labute approximate surface area is 164 Å². The molecule has 7 heteroatoms. The molecule has 2 aromatic rings. The fraction of sp³-hybridized carbons (Fsp3) is 0.286. The number of esters is 1. The van der Waals surface area contributed by atoms with Crippen LogP contribution in [0, 0.1) is 6.92 Å². The lowest BCUT2D eigenvalue weighted by molar-refractivity contribution is -0.133. The van der Waals surface area contributed by atoms with Crippen molar-refractivity contribution in [1.29, 1.82) is 0 Å². The van der Waals surface area contributed by atoms with E-state index in [-0.39, 0.29) is 11.3 Å². The number of nitrogens with zero attached hydrogens (tertiary/aromatic N) is 1. The van der Waals surface area contributed by atoms with Crippen LogP contribution < -0.4 is 15.5 Å². The van der Waals surface area contributed by atoms with E-state index >= 15 is 0 Å². The Kier molecular flexibility index (Phi) is 7.14. The Bertz CT molecular complexity index is 876. The fourth-order valence-corrected chi connectivity index (χ4v) is 2.81. The number of nitrogens with one attached hydrogen (secondary N) is 2. The molecule has 0 atom stereocenters. The van der Waals surface area contributed by atoms with Crippen LogP contribution in [0.4, 0.5) is 17.1 Å². The minimum atomic E-state index is -0.872. The van der Waals surface area contributed by atoms with Gasteiger partial charge >= 0.3 is 17.8 Å². The van der Waals surface area contributed by atoms with Crippen LogP contribution >= 0.6 is 0 Å². The van der Waals surface area contributed by atoms with E-state index in [1.807, 2.05) is 19.1 Å². The third-order valence-electron chi connectivity index (χ3n) is 4.37. The summed E-state index contributed by atoms with van der Waals surface area (Å²) >= 11 is 0. The Hall–Kier alpha value is -3.35. The molecule has 0 heterocycles. The van der Waals surface area contributed by atoms with Crippen molar-refractivity contribution in [3.8, 4) is 0 Å². The van der Waals surface area contributed by atoms with Crippen molar-refractivity contribution in [3.05, 3.63) is 53.6 Å². The lowest BCUT2D eigenvalue weighted by atomic mass is 10.1. The topological polar surface area (TPSA) is 87.7 Å². The molecule has 0 radical (unpaired) electrons. The summed E-state index contributed by atoms with van der Waals surface area (Å²) in [7, 11) is 1.25. The van der Waals surface area contributed by atoms with Crippen LogP contribution in [-0.4, -0.2) is 38.0 Å². The Balaban J connectivity index is 2.11. The number of amides is 2. The second-order valence-electron chi connectivity index (χ2n) is 6.12. The van der Waals surface area contributed by atoms with Gasteiger partial charge in [-0.15, -0.1) is 0 Å². The molecule has 0 unspecified atom stereocenters. The highest BCUT2D eigenvalue weighted by molar-refractivity contribution is 6.44. The highest BCUT2D eigenvalue weighted by Gasteiger charge is 2.19. The summed E-state index contributed by atoms with van der Waals surface area (Å²) in [6, 6.07) is 12.0. The Morgan fingerprint density at radius 2 is 1.54 bits per heavy atom. The molecule has 2 N–H and O–H groups in total. The predicted molar refractivity (Wildman–Crippen MR) is 110 cm³/mol. The van der Waals surface area contributed by atoms with Gasteiger partial charge < -0.3 is 20.3 Å². The molecule has 0 aliphatic carbocycles. The van der Waals surface area contributed by atoms with Crippen molar-refractivity contribution in [1.82, 2.24) is 0 Å². The maximum Gasteiger partial charge on any atom is 0.339 e. The summed E-state index contributed by atoms with van der Waals surface area (Å²) in [4.78, 5) is 38.5. The van der Waals surface area contributed by atoms with E-state index < -0.39 is 17.8 Å². The number of methoxy groups -OCH3 is 1. The van der Waals surface area contributed by atoms with Crippen LogP contribution in [-0.2, 0) is 14.3 Å². The van der Waals surface area contributed by atoms with Gasteiger partial charge in [-0.25, -0.2) is 4.79 Å². The van der Waals surface area contributed by atoms with Crippen LogP contribution in [0.2, 0.25) is 0 Å². The van der Waals surface area contributed by atoms with Gasteiger partial charge in [0.25, 0.3) is 0 Å². The van der Waals surface area contributed by atoms with Crippen molar-refractivity contribution < 1.29 is 19.1 Å². The number of anilines is 3. The zero-order chi connectivity index (χ0) is 20.7. The second-order valence-corrected chi connectivity index (χ2v) is 6.12. The molecule has 0 aromatic heterocycles. The normalized spacial score (nSPS) is 10.1. The number of rotatable bonds is 6. The summed E-state index contributed by atoms with van der Waals surface area (Å²) in [6.45, 7) is 7.77. The highest BCUT2D eigenvalue weighted by Crippen LogP contribution is 2.23. The molecule has 0 bridgehead atoms. The molecule has 0 aliphatic heterocycles. The van der Waals surface area contributed by atoms with Gasteiger partial charge in [-0.3, -0.25) is 9.59 Å². The summed E-state index contributed by atoms with van der Waals surface area (Å²) in [5, 5.41) is 5.06. The van der Waals surface area contributed by atoms with Crippen LogP contribution in [0.25, 0.3) is 0 Å². The molecule has 148 valence electrons. The highest BCUT2D eigenvalue weighted by atomic mass is 16.5. The van der Waals surface area contributed by atoms with E-state index in [9.17, 15) is 14.4 Å². The number of para-hydroxylation sites is 1. The molecule has 0 aliphatic rings. The molecule has 2 aromatic carbocycles. The zero-order valence-corrected chi connectivity index (χ0v) is 16.5. The van der Waals surface area contributed by atoms with Crippen molar-refractivity contribution in [2.24, 2.45) is 0 Å². The van der Waals surface area contributed by atoms with Gasteiger partial charge in [0.1, 0.15) is 0 Å². The molecule has 0 fully saturated rings. The molecule has 7 nitrogen and oxygen atoms in total. The molecular formula is C21H25N3O4. The minimum Gasteiger partial charge on any atom is -0.465 e. The van der Waals surface area contributed by atoms with E-state index in [0.717, 1.165) is 24.3 Å². The van der Waals surface area contributed by atoms with Gasteiger partial charge in [-0.2, -0.15) is 0 Å². The predicted octanol–water partition coefficient (Wildman–Crippen LogP) is 3.21. The SMILES string of the molecule is CCN(CC)c1ccc(NC(=O)C(=O)Nc2ccccc2C(=O)OC)c(C)c1. The minimum absolute atomic E-state index is 0.172. The lowest BCUT2D eigenvalue weighted by Gasteiger charge is -2.22. The van der Waals surface area contributed by atoms with E-state index in [1.54, 1.807) is 18.2 Å². The lowest BCUT2D eigenvalue weighted by Crippen LogP contribution is -2.30. The van der Waals surface area contributed by atoms with Crippen LogP contribution in [0.5, 0.6) is 0 Å². The molecule has 2 rings (SSSR count). The first-order valence-electron chi connectivity index (χ1n) is 9.06. The van der Waals surface area contributed by atoms with Crippen molar-refractivity contribution in [2.75, 3.05) is 35.7 Å². The number of benzene rings is 2. The van der Waals surface area contributed by atoms with Crippen LogP contribution in [0.3, 0.4) is 0 Å². The summed E-state index contributed by atoms with van der Waals surface area (Å²) in [6.07, 6.45) is 0. The van der Waals surface area contributed by atoms with Gasteiger partial charge in [-0.05, 0) is 56.7 Å². The zero-order valence-electron chi connectivity index (χ0n) is 16.5. The standard InChI is InChI=1S/C21H25N3O4/c1-5-24(6-2)15-11-12-17(14(3)13-15)22-19(25)20(26)23-18-10-8-7-9-16(18)21(27)28-4/h7-13H,5-6H2,1-4H3,(H,22,25)(H,23,26). The van der Waals surface area contributed by atoms with Crippen molar-refractivity contribution in [2.45, 2.75) is 20.8 Å². The Morgan fingerprint density at radius 3 is 2.11 bits per heavy atom. The number of ether oxygens (including phenoxy) is 1. The quantitative estimate of drug-likeness (QED) is 0.591. The molecule has 0 saturated carbocycles. The molecule has 28 heavy (non-hydrogen) atoms. The van der Waals surface area contributed by atoms with Crippen molar-refractivity contribution in [3.63, 3.8) is 0 Å². The largest absolute Gasteiger partial charge is 0.465 e. The monoisotopic (exact) mass is 383 g/mol. The van der Waals surface area contributed by atoms with Crippen molar-refractivity contribution >= 4 is 34.8 Å². The van der Waals surface area contributed by atoms with E-state index in [1.165, 1.54) is 19.2 Å². The maximum absolute atomic E-state index is 12.3. The first-order chi connectivity index (χ1) is 13.4. The van der Waals surface area contributed by atoms with Gasteiger partial charge in [0, 0.05) is 24.5 Å². The molecular weight excluding hydrogens is 358 g/mol. The first-order valence-corrected chi connectivity index (χ1v) is 9.06. The molecule has 2 amide bonds. The summed E-state index contributed by atoms with van der Waals surface area (Å²) in [5.41, 5.74) is 2.84. The second kappa shape index (κ2) is 9.55. The summed E-state index contributed by atoms with van der Waals surface area (Å²) in [5.74, 6) is -2.29. The third-order valence-corrected chi connectivity index (χ3v) is 4.37. The van der Waals surface area contributed by atoms with E-state index in [0.29, 0.717) is 5.69 Å². The number of aryl methyl sites for hydroxylation is 1. The Morgan fingerprint density at radius 1 is 0.929 bits per heavy atom. The first kappa shape index (κ1) is 21.0. The van der Waals surface area contributed by atoms with Crippen LogP contribution in [0.1, 0.15) is 29.8 Å². The number of carbonyl (C=O) groups excluding carboxylic acids is 3. The smallest absolute Gasteiger partial charge is 0.339 e. The summed E-state index contributed by atoms with van der Waals surface area (Å²) < 4.78 is 4.68. The van der Waals surface area contributed by atoms with Gasteiger partial charge in [0.2, 0.25) is 0 Å². The molecule has 0 saturated heterocycles. The van der Waals surface area contributed by atoms with Gasteiger partial charge in [-0.1, -0.05) is 12.1 Å². The number of hydrogen-bond acceptors (Lipinski definition) is 5. The van der Waals surface area contributed by atoms with E-state index in [2.05, 4.69) is 34.1 Å². The molecule has 0 spiro atoms. The average molecular weight is 383 g/mol. The van der Waals surface area contributed by atoms with Gasteiger partial charge in [0.15, 0.2) is 0 Å².